The number of esters is 1. The lowest BCUT2D eigenvalue weighted by Crippen LogP contribution is -2.14. The first-order valence-electron chi connectivity index (χ1n) is 3.18. The SMILES string of the molecule is CC1(C)COC(=O)C1=C(F)F. The molecule has 1 aliphatic heterocycles. The van der Waals surface area contributed by atoms with Gasteiger partial charge >= 0.3 is 5.97 Å². The van der Waals surface area contributed by atoms with E-state index < -0.39 is 23.0 Å². The molecule has 1 heterocycles. The summed E-state index contributed by atoms with van der Waals surface area (Å²) in [5.74, 6) is -0.894. The van der Waals surface area contributed by atoms with E-state index >= 15 is 0 Å². The Morgan fingerprint density at radius 3 is 2.27 bits per heavy atom. The van der Waals surface area contributed by atoms with Gasteiger partial charge < -0.3 is 4.74 Å². The van der Waals surface area contributed by atoms with Gasteiger partial charge in [0.15, 0.2) is 0 Å². The van der Waals surface area contributed by atoms with Gasteiger partial charge in [-0.1, -0.05) is 13.8 Å². The second-order valence-electron chi connectivity index (χ2n) is 3.10. The molecular formula is C7H8F2O2. The van der Waals surface area contributed by atoms with Crippen LogP contribution in [-0.2, 0) is 9.53 Å². The number of halogens is 2. The second kappa shape index (κ2) is 2.29. The van der Waals surface area contributed by atoms with Crippen LogP contribution in [0.1, 0.15) is 13.8 Å². The number of rotatable bonds is 0. The number of carbonyl (C=O) groups excluding carboxylic acids is 1. The highest BCUT2D eigenvalue weighted by molar-refractivity contribution is 5.92. The van der Waals surface area contributed by atoms with Gasteiger partial charge in [-0.05, 0) is 0 Å². The molecular weight excluding hydrogens is 154 g/mol. The van der Waals surface area contributed by atoms with Crippen LogP contribution < -0.4 is 0 Å². The minimum absolute atomic E-state index is 0.0402. The van der Waals surface area contributed by atoms with Crippen LogP contribution in [0.15, 0.2) is 11.7 Å². The van der Waals surface area contributed by atoms with Crippen LogP contribution in [-0.4, -0.2) is 12.6 Å². The Balaban J connectivity index is 3.10. The van der Waals surface area contributed by atoms with Gasteiger partial charge in [0, 0.05) is 5.41 Å². The average Bonchev–Trinajstić information content (AvgIpc) is 2.06. The lowest BCUT2D eigenvalue weighted by Gasteiger charge is -2.12. The fourth-order valence-electron chi connectivity index (χ4n) is 1.000. The summed E-state index contributed by atoms with van der Waals surface area (Å²) in [7, 11) is 0. The van der Waals surface area contributed by atoms with Gasteiger partial charge in [-0.25, -0.2) is 4.79 Å². The topological polar surface area (TPSA) is 26.3 Å². The van der Waals surface area contributed by atoms with E-state index in [1.165, 1.54) is 0 Å². The number of carbonyl (C=O) groups is 1. The molecule has 0 N–H and O–H groups in total. The standard InChI is InChI=1S/C7H8F2O2/c1-7(2)3-11-6(10)4(7)5(8)9/h3H2,1-2H3. The molecule has 0 spiro atoms. The van der Waals surface area contributed by atoms with E-state index in [4.69, 9.17) is 0 Å². The molecule has 0 saturated carbocycles. The van der Waals surface area contributed by atoms with Crippen LogP contribution in [0.3, 0.4) is 0 Å². The summed E-state index contributed by atoms with van der Waals surface area (Å²) < 4.78 is 28.6. The summed E-state index contributed by atoms with van der Waals surface area (Å²) in [4.78, 5) is 10.7. The maximum atomic E-state index is 12.1. The first kappa shape index (κ1) is 8.17. The van der Waals surface area contributed by atoms with Crippen molar-refractivity contribution in [1.82, 2.24) is 0 Å². The van der Waals surface area contributed by atoms with Crippen molar-refractivity contribution < 1.29 is 18.3 Å². The molecule has 2 nitrogen and oxygen atoms in total. The predicted octanol–water partition coefficient (Wildman–Crippen LogP) is 1.72. The van der Waals surface area contributed by atoms with Crippen LogP contribution in [0.25, 0.3) is 0 Å². The summed E-state index contributed by atoms with van der Waals surface area (Å²) in [6, 6.07) is 0. The van der Waals surface area contributed by atoms with E-state index in [1.807, 2.05) is 0 Å². The van der Waals surface area contributed by atoms with Gasteiger partial charge in [-0.3, -0.25) is 0 Å². The highest BCUT2D eigenvalue weighted by Gasteiger charge is 2.41. The van der Waals surface area contributed by atoms with E-state index in [9.17, 15) is 13.6 Å². The fourth-order valence-corrected chi connectivity index (χ4v) is 1.000. The summed E-state index contributed by atoms with van der Waals surface area (Å²) >= 11 is 0. The van der Waals surface area contributed by atoms with Crippen LogP contribution in [0.2, 0.25) is 0 Å². The van der Waals surface area contributed by atoms with Crippen LogP contribution in [0, 0.1) is 5.41 Å². The van der Waals surface area contributed by atoms with Gasteiger partial charge in [-0.15, -0.1) is 0 Å². The maximum absolute atomic E-state index is 12.1. The molecule has 0 amide bonds. The van der Waals surface area contributed by atoms with Crippen molar-refractivity contribution in [2.24, 2.45) is 5.41 Å². The first-order valence-corrected chi connectivity index (χ1v) is 3.18. The molecule has 1 aliphatic rings. The van der Waals surface area contributed by atoms with Crippen LogP contribution in [0.5, 0.6) is 0 Å². The molecule has 1 fully saturated rings. The Kier molecular flexibility index (Phi) is 1.70. The Bertz CT molecular complexity index is 227. The zero-order valence-corrected chi connectivity index (χ0v) is 6.28. The molecule has 0 unspecified atom stereocenters. The molecule has 0 bridgehead atoms. The number of hydrogen-bond donors (Lipinski definition) is 0. The van der Waals surface area contributed by atoms with E-state index in [-0.39, 0.29) is 6.61 Å². The molecule has 0 radical (unpaired) electrons. The van der Waals surface area contributed by atoms with Crippen LogP contribution in [0.4, 0.5) is 8.78 Å². The molecule has 0 atom stereocenters. The van der Waals surface area contributed by atoms with Crippen molar-refractivity contribution >= 4 is 5.97 Å². The molecule has 0 aliphatic carbocycles. The minimum atomic E-state index is -1.93. The molecule has 1 rings (SSSR count). The monoisotopic (exact) mass is 162 g/mol. The molecule has 4 heteroatoms. The molecule has 0 aromatic heterocycles. The second-order valence-corrected chi connectivity index (χ2v) is 3.10. The molecule has 0 aromatic rings. The van der Waals surface area contributed by atoms with Crippen molar-refractivity contribution in [2.45, 2.75) is 13.8 Å². The Hall–Kier alpha value is -0.930. The van der Waals surface area contributed by atoms with Crippen molar-refractivity contribution in [3.63, 3.8) is 0 Å². The lowest BCUT2D eigenvalue weighted by atomic mass is 9.88. The van der Waals surface area contributed by atoms with E-state index in [0.29, 0.717) is 0 Å². The van der Waals surface area contributed by atoms with Crippen molar-refractivity contribution in [1.29, 1.82) is 0 Å². The number of ether oxygens (including phenoxy) is 1. The van der Waals surface area contributed by atoms with Gasteiger partial charge in [0.2, 0.25) is 0 Å². The molecule has 62 valence electrons. The minimum Gasteiger partial charge on any atom is -0.461 e. The lowest BCUT2D eigenvalue weighted by molar-refractivity contribution is -0.135. The average molecular weight is 162 g/mol. The summed E-state index contributed by atoms with van der Waals surface area (Å²) in [6.45, 7) is 3.14. The fraction of sp³-hybridized carbons (Fsp3) is 0.571. The number of hydrogen-bond acceptors (Lipinski definition) is 2. The Labute approximate surface area is 62.8 Å². The third-order valence-electron chi connectivity index (χ3n) is 1.63. The van der Waals surface area contributed by atoms with E-state index in [1.54, 1.807) is 13.8 Å². The van der Waals surface area contributed by atoms with Gasteiger partial charge in [-0.2, -0.15) is 8.78 Å². The third-order valence-corrected chi connectivity index (χ3v) is 1.63. The summed E-state index contributed by atoms with van der Waals surface area (Å²) in [5.41, 5.74) is -1.33. The normalized spacial score (nSPS) is 21.8. The molecule has 11 heavy (non-hydrogen) atoms. The predicted molar refractivity (Wildman–Crippen MR) is 34.0 cm³/mol. The van der Waals surface area contributed by atoms with Crippen molar-refractivity contribution in [3.8, 4) is 0 Å². The largest absolute Gasteiger partial charge is 0.461 e. The Morgan fingerprint density at radius 1 is 1.55 bits per heavy atom. The molecule has 1 saturated heterocycles. The summed E-state index contributed by atoms with van der Waals surface area (Å²) in [5, 5.41) is 0. The molecule has 0 aromatic carbocycles. The van der Waals surface area contributed by atoms with Crippen molar-refractivity contribution in [2.75, 3.05) is 6.61 Å². The smallest absolute Gasteiger partial charge is 0.340 e. The highest BCUT2D eigenvalue weighted by atomic mass is 19.3. The zero-order valence-electron chi connectivity index (χ0n) is 6.28. The zero-order chi connectivity index (χ0) is 8.65. The van der Waals surface area contributed by atoms with Gasteiger partial charge in [0.05, 0.1) is 0 Å². The highest BCUT2D eigenvalue weighted by Crippen LogP contribution is 2.36. The maximum Gasteiger partial charge on any atom is 0.340 e. The quantitative estimate of drug-likeness (QED) is 0.400. The van der Waals surface area contributed by atoms with Crippen molar-refractivity contribution in [3.05, 3.63) is 11.7 Å². The van der Waals surface area contributed by atoms with E-state index in [2.05, 4.69) is 4.74 Å². The number of cyclic esters (lactones) is 1. The summed E-state index contributed by atoms with van der Waals surface area (Å²) in [6.07, 6.45) is -1.93. The Morgan fingerprint density at radius 2 is 2.09 bits per heavy atom. The van der Waals surface area contributed by atoms with E-state index in [0.717, 1.165) is 0 Å². The van der Waals surface area contributed by atoms with Gasteiger partial charge in [0.25, 0.3) is 6.08 Å². The first-order chi connectivity index (χ1) is 4.95. The van der Waals surface area contributed by atoms with Gasteiger partial charge in [0.1, 0.15) is 12.2 Å². The van der Waals surface area contributed by atoms with Crippen LogP contribution >= 0.6 is 0 Å². The third kappa shape index (κ3) is 1.25.